The van der Waals surface area contributed by atoms with Gasteiger partial charge in [0.15, 0.2) is 6.10 Å². The molecule has 20 heavy (non-hydrogen) atoms. The Bertz CT molecular complexity index is 464. The lowest BCUT2D eigenvalue weighted by atomic mass is 9.96. The Kier molecular flexibility index (Phi) is 3.92. The Hall–Kier alpha value is -1.55. The van der Waals surface area contributed by atoms with Crippen LogP contribution in [-0.2, 0) is 11.2 Å². The maximum atomic E-state index is 12.2. The number of benzene rings is 1. The number of fused-ring (bicyclic) bond motifs is 1. The highest BCUT2D eigenvalue weighted by Crippen LogP contribution is 2.31. The smallest absolute Gasteiger partial charge is 0.261 e. The van der Waals surface area contributed by atoms with Gasteiger partial charge in [0.25, 0.3) is 5.91 Å². The lowest BCUT2D eigenvalue weighted by Gasteiger charge is -2.19. The summed E-state index contributed by atoms with van der Waals surface area (Å²) in [6.45, 7) is 1.46. The fourth-order valence-electron chi connectivity index (χ4n) is 3.37. The summed E-state index contributed by atoms with van der Waals surface area (Å²) >= 11 is 0. The molecule has 1 amide bonds. The van der Waals surface area contributed by atoms with Gasteiger partial charge in [-0.25, -0.2) is 0 Å². The second-order valence-electron chi connectivity index (χ2n) is 5.85. The van der Waals surface area contributed by atoms with Gasteiger partial charge in [0, 0.05) is 13.0 Å². The van der Waals surface area contributed by atoms with Crippen LogP contribution in [0.1, 0.15) is 24.8 Å². The highest BCUT2D eigenvalue weighted by atomic mass is 16.5. The van der Waals surface area contributed by atoms with E-state index in [1.807, 2.05) is 24.3 Å². The fourth-order valence-corrected chi connectivity index (χ4v) is 3.37. The molecule has 1 heterocycles. The van der Waals surface area contributed by atoms with Crippen molar-refractivity contribution in [2.75, 3.05) is 13.1 Å². The Morgan fingerprint density at radius 3 is 2.90 bits per heavy atom. The zero-order chi connectivity index (χ0) is 13.9. The van der Waals surface area contributed by atoms with Crippen LogP contribution in [0.5, 0.6) is 5.75 Å². The van der Waals surface area contributed by atoms with E-state index in [1.54, 1.807) is 0 Å². The van der Waals surface area contributed by atoms with E-state index >= 15 is 0 Å². The predicted octanol–water partition coefficient (Wildman–Crippen LogP) is 1.48. The number of nitrogens with two attached hydrogens (primary N) is 1. The monoisotopic (exact) mass is 274 g/mol. The van der Waals surface area contributed by atoms with Crippen molar-refractivity contribution in [2.45, 2.75) is 31.8 Å². The van der Waals surface area contributed by atoms with E-state index in [4.69, 9.17) is 10.5 Å². The minimum atomic E-state index is -0.370. The van der Waals surface area contributed by atoms with Crippen molar-refractivity contribution in [1.82, 2.24) is 5.32 Å². The molecule has 0 saturated heterocycles. The van der Waals surface area contributed by atoms with Gasteiger partial charge in [0.05, 0.1) is 0 Å². The summed E-state index contributed by atoms with van der Waals surface area (Å²) in [7, 11) is 0. The average molecular weight is 274 g/mol. The van der Waals surface area contributed by atoms with Crippen LogP contribution >= 0.6 is 0 Å². The molecule has 4 heteroatoms. The molecule has 3 rings (SSSR count). The van der Waals surface area contributed by atoms with Crippen LogP contribution in [-0.4, -0.2) is 25.1 Å². The normalized spacial score (nSPS) is 27.9. The lowest BCUT2D eigenvalue weighted by molar-refractivity contribution is -0.127. The Morgan fingerprint density at radius 1 is 1.30 bits per heavy atom. The molecular weight excluding hydrogens is 252 g/mol. The molecule has 1 saturated carbocycles. The summed E-state index contributed by atoms with van der Waals surface area (Å²) in [5.74, 6) is 1.95. The molecule has 108 valence electrons. The Morgan fingerprint density at radius 2 is 2.10 bits per heavy atom. The summed E-state index contributed by atoms with van der Waals surface area (Å²) in [6, 6.07) is 7.85. The summed E-state index contributed by atoms with van der Waals surface area (Å²) < 4.78 is 5.70. The molecular formula is C16H22N2O2. The van der Waals surface area contributed by atoms with Gasteiger partial charge in [-0.05, 0) is 42.9 Å². The lowest BCUT2D eigenvalue weighted by Crippen LogP contribution is -2.41. The van der Waals surface area contributed by atoms with Crippen molar-refractivity contribution in [3.05, 3.63) is 29.8 Å². The zero-order valence-electron chi connectivity index (χ0n) is 11.7. The molecule has 3 N–H and O–H groups in total. The first-order valence-corrected chi connectivity index (χ1v) is 7.50. The maximum Gasteiger partial charge on any atom is 0.261 e. The van der Waals surface area contributed by atoms with Crippen molar-refractivity contribution in [2.24, 2.45) is 17.6 Å². The van der Waals surface area contributed by atoms with Gasteiger partial charge >= 0.3 is 0 Å². The maximum absolute atomic E-state index is 12.2. The highest BCUT2D eigenvalue weighted by molar-refractivity contribution is 5.82. The summed E-state index contributed by atoms with van der Waals surface area (Å²) in [5, 5.41) is 3.05. The number of para-hydroxylation sites is 1. The van der Waals surface area contributed by atoms with Gasteiger partial charge in [-0.1, -0.05) is 24.6 Å². The SMILES string of the molecule is NCC1CCCC1CNC(=O)C1Cc2ccccc2O1. The molecule has 3 unspecified atom stereocenters. The highest BCUT2D eigenvalue weighted by Gasteiger charge is 2.31. The molecule has 4 nitrogen and oxygen atoms in total. The summed E-state index contributed by atoms with van der Waals surface area (Å²) in [5.41, 5.74) is 6.89. The number of rotatable bonds is 4. The topological polar surface area (TPSA) is 64.3 Å². The summed E-state index contributed by atoms with van der Waals surface area (Å²) in [4.78, 5) is 12.2. The van der Waals surface area contributed by atoms with Gasteiger partial charge in [-0.15, -0.1) is 0 Å². The van der Waals surface area contributed by atoms with Gasteiger partial charge < -0.3 is 15.8 Å². The fraction of sp³-hybridized carbons (Fsp3) is 0.562. The number of amides is 1. The van der Waals surface area contributed by atoms with Crippen molar-refractivity contribution in [3.8, 4) is 5.75 Å². The van der Waals surface area contributed by atoms with Crippen molar-refractivity contribution < 1.29 is 9.53 Å². The minimum absolute atomic E-state index is 0.00358. The molecule has 0 spiro atoms. The quantitative estimate of drug-likeness (QED) is 0.874. The number of hydrogen-bond acceptors (Lipinski definition) is 3. The Labute approximate surface area is 119 Å². The van der Waals surface area contributed by atoms with Crippen LogP contribution in [0.4, 0.5) is 0 Å². The molecule has 1 aliphatic carbocycles. The number of hydrogen-bond donors (Lipinski definition) is 2. The van der Waals surface area contributed by atoms with Gasteiger partial charge in [0.2, 0.25) is 0 Å². The van der Waals surface area contributed by atoms with E-state index in [2.05, 4.69) is 5.32 Å². The van der Waals surface area contributed by atoms with Gasteiger partial charge in [-0.2, -0.15) is 0 Å². The molecule has 1 aliphatic heterocycles. The van der Waals surface area contributed by atoms with E-state index in [1.165, 1.54) is 19.3 Å². The van der Waals surface area contributed by atoms with Gasteiger partial charge in [0.1, 0.15) is 5.75 Å². The molecule has 1 fully saturated rings. The predicted molar refractivity (Wildman–Crippen MR) is 77.5 cm³/mol. The zero-order valence-corrected chi connectivity index (χ0v) is 11.7. The van der Waals surface area contributed by atoms with Gasteiger partial charge in [-0.3, -0.25) is 4.79 Å². The molecule has 3 atom stereocenters. The summed E-state index contributed by atoms with van der Waals surface area (Å²) in [6.07, 6.45) is 3.90. The Balaban J connectivity index is 1.51. The largest absolute Gasteiger partial charge is 0.480 e. The third-order valence-electron chi connectivity index (χ3n) is 4.60. The molecule has 2 aliphatic rings. The van der Waals surface area contributed by atoms with E-state index in [0.29, 0.717) is 18.3 Å². The van der Waals surface area contributed by atoms with Crippen LogP contribution in [0.15, 0.2) is 24.3 Å². The second kappa shape index (κ2) is 5.83. The van der Waals surface area contributed by atoms with Crippen molar-refractivity contribution in [3.63, 3.8) is 0 Å². The second-order valence-corrected chi connectivity index (χ2v) is 5.85. The number of ether oxygens (including phenoxy) is 1. The van der Waals surface area contributed by atoms with Crippen molar-refractivity contribution in [1.29, 1.82) is 0 Å². The van der Waals surface area contributed by atoms with Crippen LogP contribution in [0.2, 0.25) is 0 Å². The molecule has 0 radical (unpaired) electrons. The number of nitrogens with one attached hydrogen (secondary N) is 1. The van der Waals surface area contributed by atoms with E-state index in [-0.39, 0.29) is 12.0 Å². The molecule has 1 aromatic rings. The molecule has 0 aromatic heterocycles. The average Bonchev–Trinajstić information content (AvgIpc) is 3.10. The third-order valence-corrected chi connectivity index (χ3v) is 4.60. The standard InChI is InChI=1S/C16H22N2O2/c17-9-12-5-3-6-13(12)10-18-16(19)15-8-11-4-1-2-7-14(11)20-15/h1-2,4,7,12-13,15H,3,5-6,8-10,17H2,(H,18,19). The molecule has 0 bridgehead atoms. The van der Waals surface area contributed by atoms with Crippen LogP contribution in [0.3, 0.4) is 0 Å². The first kappa shape index (κ1) is 13.4. The van der Waals surface area contributed by atoms with Crippen LogP contribution in [0.25, 0.3) is 0 Å². The van der Waals surface area contributed by atoms with Crippen LogP contribution in [0, 0.1) is 11.8 Å². The number of carbonyl (C=O) groups excluding carboxylic acids is 1. The first-order chi connectivity index (χ1) is 9.78. The first-order valence-electron chi connectivity index (χ1n) is 7.50. The van der Waals surface area contributed by atoms with Crippen LogP contribution < -0.4 is 15.8 Å². The molecule has 1 aromatic carbocycles. The third kappa shape index (κ3) is 2.66. The van der Waals surface area contributed by atoms with E-state index in [9.17, 15) is 4.79 Å². The number of carbonyl (C=O) groups is 1. The minimum Gasteiger partial charge on any atom is -0.480 e. The van der Waals surface area contributed by atoms with E-state index < -0.39 is 0 Å². The van der Waals surface area contributed by atoms with Crippen molar-refractivity contribution >= 4 is 5.91 Å². The van der Waals surface area contributed by atoms with E-state index in [0.717, 1.165) is 24.4 Å².